The van der Waals surface area contributed by atoms with Crippen molar-refractivity contribution in [1.29, 1.82) is 0 Å². The fraction of sp³-hybridized carbons (Fsp3) is 0.250. The molecule has 0 aliphatic carbocycles. The number of benzene rings is 2. The first-order chi connectivity index (χ1) is 10.9. The summed E-state index contributed by atoms with van der Waals surface area (Å²) in [5.41, 5.74) is 1.53. The van der Waals surface area contributed by atoms with E-state index in [9.17, 15) is 8.42 Å². The third-order valence-corrected chi connectivity index (χ3v) is 4.78. The Morgan fingerprint density at radius 3 is 2.22 bits per heavy atom. The molecule has 0 unspecified atom stereocenters. The molecular weight excluding hydrogens is 357 g/mol. The highest BCUT2D eigenvalue weighted by atomic mass is 35.5. The van der Waals surface area contributed by atoms with Crippen molar-refractivity contribution in [2.24, 2.45) is 0 Å². The minimum Gasteiger partial charge on any atom is -0.492 e. The average Bonchev–Trinajstić information content (AvgIpc) is 2.46. The molecule has 1 N–H and O–H groups in total. The Balaban J connectivity index is 1.90. The van der Waals surface area contributed by atoms with E-state index in [2.05, 4.69) is 11.6 Å². The summed E-state index contributed by atoms with van der Waals surface area (Å²) in [6.45, 7) is 2.12. The zero-order valence-electron chi connectivity index (χ0n) is 12.6. The van der Waals surface area contributed by atoms with E-state index in [1.54, 1.807) is 0 Å². The van der Waals surface area contributed by atoms with Gasteiger partial charge in [0.05, 0.1) is 5.69 Å². The third-order valence-electron chi connectivity index (χ3n) is 3.09. The Kier molecular flexibility index (Phi) is 6.16. The fourth-order valence-corrected chi connectivity index (χ4v) is 3.34. The minimum absolute atomic E-state index is 0.0507. The number of nitrogens with one attached hydrogen (secondary N) is 1. The first-order valence-corrected chi connectivity index (χ1v) is 9.47. The van der Waals surface area contributed by atoms with E-state index in [1.165, 1.54) is 23.8 Å². The zero-order chi connectivity index (χ0) is 16.9. The minimum atomic E-state index is -3.54. The molecule has 0 fully saturated rings. The quantitative estimate of drug-likeness (QED) is 0.783. The molecule has 0 spiro atoms. The summed E-state index contributed by atoms with van der Waals surface area (Å²) in [5.74, 6) is 0.468. The largest absolute Gasteiger partial charge is 0.492 e. The lowest BCUT2D eigenvalue weighted by Crippen LogP contribution is -2.21. The van der Waals surface area contributed by atoms with Gasteiger partial charge in [-0.05, 0) is 42.3 Å². The third kappa shape index (κ3) is 5.94. The van der Waals surface area contributed by atoms with Gasteiger partial charge in [-0.1, -0.05) is 42.3 Å². The van der Waals surface area contributed by atoms with Gasteiger partial charge in [-0.3, -0.25) is 4.72 Å². The van der Waals surface area contributed by atoms with Gasteiger partial charge >= 0.3 is 0 Å². The standard InChI is InChI=1S/C16H17Cl2NO3S/c1-2-12-3-5-16(6-4-12)22-7-8-23(20,21)19-15-10-13(17)9-14(18)11-15/h3-6,9-11,19H,2,7-8H2,1H3. The van der Waals surface area contributed by atoms with Crippen molar-refractivity contribution in [3.05, 3.63) is 58.1 Å². The number of ether oxygens (including phenoxy) is 1. The Morgan fingerprint density at radius 2 is 1.65 bits per heavy atom. The topological polar surface area (TPSA) is 55.4 Å². The molecule has 0 saturated heterocycles. The highest BCUT2D eigenvalue weighted by Crippen LogP contribution is 2.23. The van der Waals surface area contributed by atoms with Gasteiger partial charge in [0.15, 0.2) is 0 Å². The second-order valence-electron chi connectivity index (χ2n) is 4.93. The summed E-state index contributed by atoms with van der Waals surface area (Å²) in [5, 5.41) is 0.727. The summed E-state index contributed by atoms with van der Waals surface area (Å²) >= 11 is 11.7. The summed E-state index contributed by atoms with van der Waals surface area (Å²) in [7, 11) is -3.54. The highest BCUT2D eigenvalue weighted by molar-refractivity contribution is 7.92. The van der Waals surface area contributed by atoms with Gasteiger partial charge < -0.3 is 4.74 Å². The molecule has 0 amide bonds. The lowest BCUT2D eigenvalue weighted by atomic mass is 10.2. The molecule has 0 aliphatic heterocycles. The summed E-state index contributed by atoms with van der Waals surface area (Å²) in [6.07, 6.45) is 0.945. The smallest absolute Gasteiger partial charge is 0.236 e. The van der Waals surface area contributed by atoms with Crippen LogP contribution in [0.25, 0.3) is 0 Å². The van der Waals surface area contributed by atoms with Gasteiger partial charge in [0.2, 0.25) is 10.0 Å². The van der Waals surface area contributed by atoms with Gasteiger partial charge in [-0.25, -0.2) is 8.42 Å². The van der Waals surface area contributed by atoms with Crippen LogP contribution in [-0.4, -0.2) is 20.8 Å². The monoisotopic (exact) mass is 373 g/mol. The number of sulfonamides is 1. The van der Waals surface area contributed by atoms with Gasteiger partial charge in [-0.15, -0.1) is 0 Å². The van der Waals surface area contributed by atoms with Crippen molar-refractivity contribution >= 4 is 38.9 Å². The van der Waals surface area contributed by atoms with Crippen LogP contribution in [-0.2, 0) is 16.4 Å². The van der Waals surface area contributed by atoms with Crippen molar-refractivity contribution in [1.82, 2.24) is 0 Å². The van der Waals surface area contributed by atoms with E-state index in [-0.39, 0.29) is 12.4 Å². The lowest BCUT2D eigenvalue weighted by Gasteiger charge is -2.10. The molecular formula is C16H17Cl2NO3S. The molecule has 0 atom stereocenters. The Hall–Kier alpha value is -1.43. The maximum Gasteiger partial charge on any atom is 0.236 e. The van der Waals surface area contributed by atoms with E-state index in [0.29, 0.717) is 21.5 Å². The fourth-order valence-electron chi connectivity index (χ4n) is 1.93. The lowest BCUT2D eigenvalue weighted by molar-refractivity contribution is 0.341. The average molecular weight is 374 g/mol. The number of halogens is 2. The van der Waals surface area contributed by atoms with Crippen LogP contribution in [0.5, 0.6) is 5.75 Å². The molecule has 0 saturated carbocycles. The van der Waals surface area contributed by atoms with Crippen LogP contribution in [0.3, 0.4) is 0 Å². The van der Waals surface area contributed by atoms with Crippen LogP contribution < -0.4 is 9.46 Å². The van der Waals surface area contributed by atoms with Gasteiger partial charge in [-0.2, -0.15) is 0 Å². The Morgan fingerprint density at radius 1 is 1.04 bits per heavy atom. The van der Waals surface area contributed by atoms with E-state index in [0.717, 1.165) is 6.42 Å². The highest BCUT2D eigenvalue weighted by Gasteiger charge is 2.12. The molecule has 2 aromatic rings. The number of aryl methyl sites for hydroxylation is 1. The molecule has 0 radical (unpaired) electrons. The van der Waals surface area contributed by atoms with Crippen LogP contribution in [0.4, 0.5) is 5.69 Å². The molecule has 0 heterocycles. The number of anilines is 1. The van der Waals surface area contributed by atoms with Crippen LogP contribution in [0.1, 0.15) is 12.5 Å². The second kappa shape index (κ2) is 7.90. The SMILES string of the molecule is CCc1ccc(OCCS(=O)(=O)Nc2cc(Cl)cc(Cl)c2)cc1. The molecule has 2 rings (SSSR count). The summed E-state index contributed by atoms with van der Waals surface area (Å²) in [4.78, 5) is 0. The van der Waals surface area contributed by atoms with Crippen LogP contribution in [0.15, 0.2) is 42.5 Å². The molecule has 2 aromatic carbocycles. The molecule has 0 aliphatic rings. The van der Waals surface area contributed by atoms with E-state index in [1.807, 2.05) is 24.3 Å². The maximum absolute atomic E-state index is 12.0. The van der Waals surface area contributed by atoms with Crippen molar-refractivity contribution in [2.75, 3.05) is 17.1 Å². The van der Waals surface area contributed by atoms with Gasteiger partial charge in [0.1, 0.15) is 18.1 Å². The van der Waals surface area contributed by atoms with E-state index < -0.39 is 10.0 Å². The molecule has 0 aromatic heterocycles. The summed E-state index contributed by atoms with van der Waals surface area (Å²) < 4.78 is 32.0. The molecule has 4 nitrogen and oxygen atoms in total. The van der Waals surface area contributed by atoms with Crippen LogP contribution in [0, 0.1) is 0 Å². The molecule has 7 heteroatoms. The predicted octanol–water partition coefficient (Wildman–Crippen LogP) is 4.38. The molecule has 0 bridgehead atoms. The predicted molar refractivity (Wildman–Crippen MR) is 95.2 cm³/mol. The van der Waals surface area contributed by atoms with Gasteiger partial charge in [0.25, 0.3) is 0 Å². The van der Waals surface area contributed by atoms with Crippen molar-refractivity contribution < 1.29 is 13.2 Å². The van der Waals surface area contributed by atoms with Crippen molar-refractivity contribution in [3.8, 4) is 5.75 Å². The zero-order valence-corrected chi connectivity index (χ0v) is 14.9. The second-order valence-corrected chi connectivity index (χ2v) is 7.64. The normalized spacial score (nSPS) is 11.3. The molecule has 23 heavy (non-hydrogen) atoms. The van der Waals surface area contributed by atoms with Crippen LogP contribution >= 0.6 is 23.2 Å². The van der Waals surface area contributed by atoms with E-state index >= 15 is 0 Å². The number of rotatable bonds is 7. The summed E-state index contributed by atoms with van der Waals surface area (Å²) in [6, 6.07) is 12.1. The van der Waals surface area contributed by atoms with Crippen molar-refractivity contribution in [3.63, 3.8) is 0 Å². The molecule has 124 valence electrons. The number of hydrogen-bond donors (Lipinski definition) is 1. The van der Waals surface area contributed by atoms with Gasteiger partial charge in [0, 0.05) is 10.0 Å². The Bertz CT molecular complexity index is 741. The maximum atomic E-state index is 12.0. The Labute approximate surface area is 146 Å². The van der Waals surface area contributed by atoms with E-state index in [4.69, 9.17) is 27.9 Å². The number of hydrogen-bond acceptors (Lipinski definition) is 3. The van der Waals surface area contributed by atoms with Crippen molar-refractivity contribution in [2.45, 2.75) is 13.3 Å². The first kappa shape index (κ1) is 17.9. The van der Waals surface area contributed by atoms with Crippen LogP contribution in [0.2, 0.25) is 10.0 Å². The first-order valence-electron chi connectivity index (χ1n) is 7.06.